The summed E-state index contributed by atoms with van der Waals surface area (Å²) < 4.78 is 90.6. The number of para-hydroxylation sites is 1. The maximum Gasteiger partial charge on any atom is 0.416 e. The van der Waals surface area contributed by atoms with Gasteiger partial charge in [-0.1, -0.05) is 18.2 Å². The molecule has 16 heteroatoms. The number of aromatic nitrogens is 3. The van der Waals surface area contributed by atoms with Crippen molar-refractivity contribution in [1.29, 1.82) is 0 Å². The molecule has 0 aliphatic carbocycles. The van der Waals surface area contributed by atoms with Crippen LogP contribution in [0.25, 0.3) is 0 Å². The Labute approximate surface area is 240 Å². The lowest BCUT2D eigenvalue weighted by molar-refractivity contribution is -0.143. The number of benzene rings is 2. The lowest BCUT2D eigenvalue weighted by Crippen LogP contribution is -2.57. The minimum absolute atomic E-state index is 0.00428. The van der Waals surface area contributed by atoms with Crippen LogP contribution in [0.3, 0.4) is 0 Å². The van der Waals surface area contributed by atoms with Gasteiger partial charge in [0.25, 0.3) is 11.8 Å². The number of methoxy groups -OCH3 is 2. The van der Waals surface area contributed by atoms with Crippen molar-refractivity contribution >= 4 is 23.5 Å². The molecule has 2 aliphatic rings. The average Bonchev–Trinajstić information content (AvgIpc) is 3.27. The molecule has 2 fully saturated rings. The number of halogens is 6. The molecule has 0 radical (unpaired) electrons. The van der Waals surface area contributed by atoms with Gasteiger partial charge in [-0.2, -0.15) is 36.3 Å². The second-order valence-electron chi connectivity index (χ2n) is 9.87. The minimum atomic E-state index is -5.10. The van der Waals surface area contributed by atoms with Gasteiger partial charge in [0.1, 0.15) is 12.2 Å². The lowest BCUT2D eigenvalue weighted by atomic mass is 9.85. The molecule has 0 N–H and O–H groups in total. The summed E-state index contributed by atoms with van der Waals surface area (Å²) in [6.45, 7) is -0.248. The molecule has 0 saturated carbocycles. The topological polar surface area (TPSA) is 101 Å². The van der Waals surface area contributed by atoms with Gasteiger partial charge in [-0.05, 0) is 43.2 Å². The maximum atomic E-state index is 14.1. The summed E-state index contributed by atoms with van der Waals surface area (Å²) in [4.78, 5) is 43.9. The Morgan fingerprint density at radius 2 is 1.37 bits per heavy atom. The Balaban J connectivity index is 1.46. The number of likely N-dealkylation sites (tertiary alicyclic amines) is 1. The van der Waals surface area contributed by atoms with Crippen LogP contribution < -0.4 is 19.3 Å². The molecule has 2 aliphatic heterocycles. The molecule has 2 amide bonds. The number of carbonyl (C=O) groups is 2. The van der Waals surface area contributed by atoms with Gasteiger partial charge in [0.15, 0.2) is 0 Å². The number of piperidine rings is 1. The summed E-state index contributed by atoms with van der Waals surface area (Å²) in [6, 6.07) is 9.49. The highest BCUT2D eigenvalue weighted by molar-refractivity contribution is 6.05. The Morgan fingerprint density at radius 3 is 1.86 bits per heavy atom. The number of carbonyl (C=O) groups excluding carboxylic acids is 2. The Kier molecular flexibility index (Phi) is 7.56. The largest absolute Gasteiger partial charge is 0.467 e. The fourth-order valence-electron chi connectivity index (χ4n) is 5.25. The van der Waals surface area contributed by atoms with E-state index in [0.29, 0.717) is 17.8 Å². The van der Waals surface area contributed by atoms with E-state index < -0.39 is 46.4 Å². The summed E-state index contributed by atoms with van der Waals surface area (Å²) in [6.07, 6.45) is -10.2. The zero-order valence-corrected chi connectivity index (χ0v) is 22.7. The van der Waals surface area contributed by atoms with Crippen molar-refractivity contribution in [3.8, 4) is 12.0 Å². The van der Waals surface area contributed by atoms with Crippen LogP contribution in [0.5, 0.6) is 12.0 Å². The number of anilines is 2. The molecule has 0 atom stereocenters. The van der Waals surface area contributed by atoms with Gasteiger partial charge >= 0.3 is 24.4 Å². The third-order valence-corrected chi connectivity index (χ3v) is 7.41. The molecule has 3 heterocycles. The van der Waals surface area contributed by atoms with Crippen LogP contribution in [0.2, 0.25) is 0 Å². The lowest BCUT2D eigenvalue weighted by Gasteiger charge is -2.43. The summed E-state index contributed by atoms with van der Waals surface area (Å²) >= 11 is 0. The monoisotopic (exact) mass is 610 g/mol. The van der Waals surface area contributed by atoms with Crippen LogP contribution in [-0.2, 0) is 17.1 Å². The molecule has 43 heavy (non-hydrogen) atoms. The Hall–Kier alpha value is -4.63. The van der Waals surface area contributed by atoms with Crippen LogP contribution >= 0.6 is 0 Å². The van der Waals surface area contributed by atoms with Gasteiger partial charge in [0.05, 0.1) is 25.3 Å². The molecule has 0 bridgehead atoms. The van der Waals surface area contributed by atoms with Crippen molar-refractivity contribution in [2.24, 2.45) is 0 Å². The smallest absolute Gasteiger partial charge is 0.416 e. The van der Waals surface area contributed by atoms with Crippen molar-refractivity contribution < 1.29 is 45.4 Å². The van der Waals surface area contributed by atoms with Crippen molar-refractivity contribution in [2.75, 3.05) is 43.8 Å². The highest BCUT2D eigenvalue weighted by Gasteiger charge is 2.55. The molecule has 228 valence electrons. The van der Waals surface area contributed by atoms with Gasteiger partial charge in [0.2, 0.25) is 5.95 Å². The first kappa shape index (κ1) is 29.8. The van der Waals surface area contributed by atoms with Crippen LogP contribution in [0, 0.1) is 0 Å². The maximum absolute atomic E-state index is 14.1. The van der Waals surface area contributed by atoms with Crippen molar-refractivity contribution in [3.63, 3.8) is 0 Å². The number of nitrogens with zero attached hydrogens (tertiary/aromatic N) is 6. The van der Waals surface area contributed by atoms with Crippen LogP contribution in [0.4, 0.5) is 38.0 Å². The van der Waals surface area contributed by atoms with E-state index in [1.807, 2.05) is 4.90 Å². The third kappa shape index (κ3) is 5.60. The average molecular weight is 611 g/mol. The molecule has 2 aromatic carbocycles. The first-order chi connectivity index (χ1) is 20.3. The third-order valence-electron chi connectivity index (χ3n) is 7.41. The molecule has 0 unspecified atom stereocenters. The van der Waals surface area contributed by atoms with Crippen LogP contribution in [0.15, 0.2) is 48.5 Å². The highest BCUT2D eigenvalue weighted by atomic mass is 19.4. The van der Waals surface area contributed by atoms with Gasteiger partial charge in [-0.3, -0.25) is 14.5 Å². The number of alkyl halides is 6. The van der Waals surface area contributed by atoms with E-state index >= 15 is 0 Å². The number of rotatable bonds is 5. The second kappa shape index (κ2) is 10.9. The Morgan fingerprint density at radius 1 is 0.837 bits per heavy atom. The molecule has 10 nitrogen and oxygen atoms in total. The zero-order chi connectivity index (χ0) is 31.2. The molecular weight excluding hydrogens is 586 g/mol. The summed E-state index contributed by atoms with van der Waals surface area (Å²) in [5.41, 5.74) is -4.48. The fourth-order valence-corrected chi connectivity index (χ4v) is 5.25. The van der Waals surface area contributed by atoms with E-state index in [9.17, 15) is 35.9 Å². The minimum Gasteiger partial charge on any atom is -0.467 e. The van der Waals surface area contributed by atoms with E-state index in [1.54, 1.807) is 30.3 Å². The SMILES string of the molecule is COc1nc(OC)nc(N2CN(c3ccccc3)C3(CCN(C(=O)c4cc(C(F)(F)F)cc(C(F)(F)F)c4)CC3)C2=O)n1. The molecule has 3 aromatic rings. The fraction of sp³-hybridized carbons (Fsp3) is 0.370. The van der Waals surface area contributed by atoms with Crippen molar-refractivity contribution in [3.05, 3.63) is 65.2 Å². The van der Waals surface area contributed by atoms with Crippen molar-refractivity contribution in [2.45, 2.75) is 30.7 Å². The molecule has 1 aromatic heterocycles. The van der Waals surface area contributed by atoms with Gasteiger partial charge in [-0.15, -0.1) is 4.98 Å². The van der Waals surface area contributed by atoms with Gasteiger partial charge in [-0.25, -0.2) is 0 Å². The number of hydrogen-bond donors (Lipinski definition) is 0. The van der Waals surface area contributed by atoms with E-state index in [-0.39, 0.29) is 56.6 Å². The highest BCUT2D eigenvalue weighted by Crippen LogP contribution is 2.42. The van der Waals surface area contributed by atoms with E-state index in [0.717, 1.165) is 4.90 Å². The summed E-state index contributed by atoms with van der Waals surface area (Å²) in [5, 5.41) is 0. The van der Waals surface area contributed by atoms with Crippen molar-refractivity contribution in [1.82, 2.24) is 19.9 Å². The quantitative estimate of drug-likeness (QED) is 0.392. The van der Waals surface area contributed by atoms with E-state index in [2.05, 4.69) is 15.0 Å². The molecule has 1 spiro atoms. The van der Waals surface area contributed by atoms with E-state index in [1.165, 1.54) is 19.1 Å². The Bertz CT molecular complexity index is 1470. The van der Waals surface area contributed by atoms with Gasteiger partial charge < -0.3 is 19.3 Å². The van der Waals surface area contributed by atoms with Crippen LogP contribution in [0.1, 0.15) is 34.3 Å². The molecule has 2 saturated heterocycles. The number of amides is 2. The number of hydrogen-bond acceptors (Lipinski definition) is 8. The van der Waals surface area contributed by atoms with E-state index in [4.69, 9.17) is 9.47 Å². The standard InChI is InChI=1S/C27H24F6N6O4/c1-42-23-34-22(35-24(36-23)43-2)38-15-39(19-6-4-3-5-7-19)25(21(38)41)8-10-37(11-9-25)20(40)16-12-17(26(28,29)30)14-18(13-16)27(31,32)33/h3-7,12-14H,8-11,15H2,1-2H3. The summed E-state index contributed by atoms with van der Waals surface area (Å²) in [5.74, 6) is -1.47. The van der Waals surface area contributed by atoms with Crippen LogP contribution in [-0.4, -0.2) is 71.2 Å². The summed E-state index contributed by atoms with van der Waals surface area (Å²) in [7, 11) is 2.66. The zero-order valence-electron chi connectivity index (χ0n) is 22.7. The molecule has 5 rings (SSSR count). The van der Waals surface area contributed by atoms with Gasteiger partial charge in [0, 0.05) is 24.3 Å². The molecular formula is C27H24F6N6O4. The predicted octanol–water partition coefficient (Wildman–Crippen LogP) is 4.41. The normalized spacial score (nSPS) is 17.0. The first-order valence-corrected chi connectivity index (χ1v) is 12.8. The second-order valence-corrected chi connectivity index (χ2v) is 9.87. The first-order valence-electron chi connectivity index (χ1n) is 12.8. The number of ether oxygens (including phenoxy) is 2. The predicted molar refractivity (Wildman–Crippen MR) is 139 cm³/mol.